The summed E-state index contributed by atoms with van der Waals surface area (Å²) in [7, 11) is 0. The van der Waals surface area contributed by atoms with Crippen molar-refractivity contribution in [2.45, 2.75) is 90.7 Å². The monoisotopic (exact) mass is 549 g/mol. The highest BCUT2D eigenvalue weighted by Gasteiger charge is 2.34. The first-order valence-corrected chi connectivity index (χ1v) is 14.8. The highest BCUT2D eigenvalue weighted by molar-refractivity contribution is 5.77. The maximum Gasteiger partial charge on any atom is 0.410 e. The minimum absolute atomic E-state index is 0.104. The summed E-state index contributed by atoms with van der Waals surface area (Å²) in [5.74, 6) is 9.28. The summed E-state index contributed by atoms with van der Waals surface area (Å²) in [5.41, 5.74) is 7.79. The Hall–Kier alpha value is -4.05. The van der Waals surface area contributed by atoms with Gasteiger partial charge in [-0.2, -0.15) is 0 Å². The molecule has 2 aliphatic rings. The van der Waals surface area contributed by atoms with Gasteiger partial charge in [-0.05, 0) is 102 Å². The van der Waals surface area contributed by atoms with Crippen molar-refractivity contribution in [1.82, 2.24) is 24.8 Å². The lowest BCUT2D eigenvalue weighted by Crippen LogP contribution is -2.36. The number of rotatable bonds is 3. The average Bonchev–Trinajstić information content (AvgIpc) is 3.72. The van der Waals surface area contributed by atoms with Crippen LogP contribution in [0.15, 0.2) is 36.5 Å². The third kappa shape index (κ3) is 5.74. The molecule has 1 unspecified atom stereocenters. The average molecular weight is 550 g/mol. The Morgan fingerprint density at radius 2 is 1.73 bits per heavy atom. The van der Waals surface area contributed by atoms with Gasteiger partial charge >= 0.3 is 6.09 Å². The molecule has 3 heterocycles. The molecule has 1 saturated carbocycles. The number of carbonyl (C=O) groups is 1. The number of aromatic nitrogens is 4. The summed E-state index contributed by atoms with van der Waals surface area (Å²) < 4.78 is 5.63. The Bertz CT molecular complexity index is 1630. The lowest BCUT2D eigenvalue weighted by atomic mass is 9.98. The van der Waals surface area contributed by atoms with Crippen LogP contribution in [0.25, 0.3) is 22.3 Å². The van der Waals surface area contributed by atoms with Crippen molar-refractivity contribution >= 4 is 17.1 Å². The van der Waals surface area contributed by atoms with Crippen LogP contribution in [0.4, 0.5) is 4.79 Å². The number of nitrogens with zero attached hydrogens (tertiary/aromatic N) is 3. The summed E-state index contributed by atoms with van der Waals surface area (Å²) in [4.78, 5) is 31.1. The zero-order valence-electron chi connectivity index (χ0n) is 24.7. The van der Waals surface area contributed by atoms with Gasteiger partial charge in [0.2, 0.25) is 0 Å². The van der Waals surface area contributed by atoms with Crippen molar-refractivity contribution in [2.75, 3.05) is 6.54 Å². The molecule has 6 rings (SSSR count). The summed E-state index contributed by atoms with van der Waals surface area (Å²) in [6.07, 6.45) is 8.42. The van der Waals surface area contributed by atoms with Crippen LogP contribution in [-0.4, -0.2) is 43.1 Å². The molecule has 2 aromatic heterocycles. The number of H-pyrrole nitrogens is 2. The van der Waals surface area contributed by atoms with E-state index < -0.39 is 5.60 Å². The molecule has 0 bridgehead atoms. The molecule has 1 aliphatic heterocycles. The van der Waals surface area contributed by atoms with Gasteiger partial charge in [-0.25, -0.2) is 14.8 Å². The first-order chi connectivity index (χ1) is 19.6. The molecule has 2 fully saturated rings. The number of amides is 1. The van der Waals surface area contributed by atoms with E-state index in [9.17, 15) is 4.79 Å². The van der Waals surface area contributed by atoms with Gasteiger partial charge in [-0.1, -0.05) is 24.7 Å². The van der Waals surface area contributed by atoms with Gasteiger partial charge in [0, 0.05) is 29.2 Å². The number of likely N-dealkylation sites (tertiary alicyclic amines) is 1. The Kier molecular flexibility index (Phi) is 7.11. The highest BCUT2D eigenvalue weighted by atomic mass is 16.6. The number of fused-ring (bicyclic) bond motifs is 1. The van der Waals surface area contributed by atoms with Crippen LogP contribution >= 0.6 is 0 Å². The van der Waals surface area contributed by atoms with Gasteiger partial charge in [0.15, 0.2) is 0 Å². The second kappa shape index (κ2) is 10.7. The summed E-state index contributed by atoms with van der Waals surface area (Å²) in [6, 6.07) is 10.4. The Labute approximate surface area is 242 Å². The minimum Gasteiger partial charge on any atom is -0.444 e. The van der Waals surface area contributed by atoms with Crippen molar-refractivity contribution < 1.29 is 9.53 Å². The summed E-state index contributed by atoms with van der Waals surface area (Å²) in [6.45, 7) is 10.6. The normalized spacial score (nSPS) is 17.7. The van der Waals surface area contributed by atoms with Crippen molar-refractivity contribution in [2.24, 2.45) is 0 Å². The lowest BCUT2D eigenvalue weighted by Gasteiger charge is -2.27. The SMILES string of the molecule is Cc1cc(-c2cnc(C3CCCN3C(=O)OC(C)(C)C)[nH]2)cc(C)c1C#Cc1ccc2nc(C3CCCC3)[nH]c2c1. The zero-order chi connectivity index (χ0) is 28.7. The fourth-order valence-electron chi connectivity index (χ4n) is 6.19. The lowest BCUT2D eigenvalue weighted by molar-refractivity contribution is 0.0218. The number of nitrogens with one attached hydrogen (secondary N) is 2. The smallest absolute Gasteiger partial charge is 0.410 e. The molecule has 2 N–H and O–H groups in total. The molecule has 41 heavy (non-hydrogen) atoms. The molecular formula is C34H39N5O2. The Morgan fingerprint density at radius 1 is 0.976 bits per heavy atom. The van der Waals surface area contributed by atoms with Crippen molar-refractivity contribution in [1.29, 1.82) is 0 Å². The molecule has 7 nitrogen and oxygen atoms in total. The van der Waals surface area contributed by atoms with E-state index in [1.807, 2.05) is 27.0 Å². The fourth-order valence-corrected chi connectivity index (χ4v) is 6.19. The molecule has 1 saturated heterocycles. The fraction of sp³-hybridized carbons (Fsp3) is 0.441. The van der Waals surface area contributed by atoms with E-state index in [2.05, 4.69) is 71.0 Å². The third-order valence-corrected chi connectivity index (χ3v) is 8.21. The second-order valence-electron chi connectivity index (χ2n) is 12.6. The maximum atomic E-state index is 12.8. The molecule has 1 amide bonds. The predicted octanol–water partition coefficient (Wildman–Crippen LogP) is 7.70. The van der Waals surface area contributed by atoms with E-state index in [4.69, 9.17) is 9.72 Å². The highest BCUT2D eigenvalue weighted by Crippen LogP contribution is 2.34. The van der Waals surface area contributed by atoms with Crippen molar-refractivity contribution in [3.05, 3.63) is 70.4 Å². The van der Waals surface area contributed by atoms with Crippen LogP contribution < -0.4 is 0 Å². The van der Waals surface area contributed by atoms with Gasteiger partial charge in [0.1, 0.15) is 17.2 Å². The number of aromatic amines is 2. The van der Waals surface area contributed by atoms with E-state index in [0.717, 1.165) is 69.0 Å². The predicted molar refractivity (Wildman–Crippen MR) is 162 cm³/mol. The summed E-state index contributed by atoms with van der Waals surface area (Å²) >= 11 is 0. The van der Waals surface area contributed by atoms with Crippen LogP contribution in [0.3, 0.4) is 0 Å². The van der Waals surface area contributed by atoms with Gasteiger partial charge in [0.25, 0.3) is 0 Å². The van der Waals surface area contributed by atoms with Gasteiger partial charge in [-0.3, -0.25) is 4.90 Å². The third-order valence-electron chi connectivity index (χ3n) is 8.21. The number of aryl methyl sites for hydroxylation is 2. The molecule has 7 heteroatoms. The molecule has 4 aromatic rings. The standard InChI is InChI=1S/C34H39N5O2/c1-21-17-25(29-20-35-32(38-29)30-11-8-16-39(30)33(40)41-34(3,4)5)18-22(2)26(21)14-12-23-13-15-27-28(19-23)37-31(36-27)24-9-6-7-10-24/h13,15,17-20,24,30H,6-11,16H2,1-5H3,(H,35,38)(H,36,37). The van der Waals surface area contributed by atoms with Crippen molar-refractivity contribution in [3.8, 4) is 23.1 Å². The molecule has 2 aromatic carbocycles. The molecular weight excluding hydrogens is 510 g/mol. The Morgan fingerprint density at radius 3 is 2.46 bits per heavy atom. The summed E-state index contributed by atoms with van der Waals surface area (Å²) in [5, 5.41) is 0. The van der Waals surface area contributed by atoms with Gasteiger partial charge < -0.3 is 14.7 Å². The number of benzene rings is 2. The van der Waals surface area contributed by atoms with Crippen LogP contribution in [0.2, 0.25) is 0 Å². The number of carbonyl (C=O) groups excluding carboxylic acids is 1. The number of imidazole rings is 2. The number of ether oxygens (including phenoxy) is 1. The van der Waals surface area contributed by atoms with E-state index in [1.54, 1.807) is 4.90 Å². The Balaban J connectivity index is 1.20. The van der Waals surface area contributed by atoms with Crippen LogP contribution in [0, 0.1) is 25.7 Å². The topological polar surface area (TPSA) is 86.9 Å². The number of hydrogen-bond acceptors (Lipinski definition) is 4. The molecule has 0 radical (unpaired) electrons. The van der Waals surface area contributed by atoms with Crippen LogP contribution in [-0.2, 0) is 4.74 Å². The van der Waals surface area contributed by atoms with Gasteiger partial charge in [0.05, 0.1) is 29.0 Å². The quantitative estimate of drug-likeness (QED) is 0.256. The number of hydrogen-bond donors (Lipinski definition) is 2. The molecule has 1 atom stereocenters. The van der Waals surface area contributed by atoms with E-state index in [-0.39, 0.29) is 12.1 Å². The maximum absolute atomic E-state index is 12.8. The largest absolute Gasteiger partial charge is 0.444 e. The second-order valence-corrected chi connectivity index (χ2v) is 12.6. The van der Waals surface area contributed by atoms with E-state index >= 15 is 0 Å². The van der Waals surface area contributed by atoms with Crippen LogP contribution in [0.1, 0.15) is 105 Å². The van der Waals surface area contributed by atoms with Crippen molar-refractivity contribution in [3.63, 3.8) is 0 Å². The van der Waals surface area contributed by atoms with E-state index in [0.29, 0.717) is 12.5 Å². The van der Waals surface area contributed by atoms with Crippen LogP contribution in [0.5, 0.6) is 0 Å². The molecule has 212 valence electrons. The first kappa shape index (κ1) is 27.1. The minimum atomic E-state index is -0.525. The van der Waals surface area contributed by atoms with E-state index in [1.165, 1.54) is 25.7 Å². The molecule has 1 aliphatic carbocycles. The first-order valence-electron chi connectivity index (χ1n) is 14.8. The molecule has 0 spiro atoms. The zero-order valence-corrected chi connectivity index (χ0v) is 24.7. The van der Waals surface area contributed by atoms with Gasteiger partial charge in [-0.15, -0.1) is 0 Å².